The van der Waals surface area contributed by atoms with Crippen LogP contribution in [0.3, 0.4) is 0 Å². The summed E-state index contributed by atoms with van der Waals surface area (Å²) in [5, 5.41) is 8.11. The molecule has 0 aliphatic carbocycles. The van der Waals surface area contributed by atoms with Crippen LogP contribution in [0.2, 0.25) is 0 Å². The number of hydrogen-bond acceptors (Lipinski definition) is 6. The molecule has 178 valence electrons. The molecule has 0 spiro atoms. The molecule has 0 unspecified atom stereocenters. The number of carbonyl (C=O) groups excluding carboxylic acids is 1. The molecule has 33 heavy (non-hydrogen) atoms. The van der Waals surface area contributed by atoms with E-state index in [1.807, 2.05) is 0 Å². The summed E-state index contributed by atoms with van der Waals surface area (Å²) < 4.78 is 57.4. The second kappa shape index (κ2) is 7.94. The number of hydrogen-bond donors (Lipinski definition) is 1. The maximum Gasteiger partial charge on any atom is 0.410 e. The van der Waals surface area contributed by atoms with Crippen molar-refractivity contribution in [1.29, 1.82) is 0 Å². The number of aromatic nitrogens is 4. The first-order chi connectivity index (χ1) is 15.3. The Bertz CT molecular complexity index is 1200. The Kier molecular flexibility index (Phi) is 5.51. The highest BCUT2D eigenvalue weighted by Gasteiger charge is 2.51. The number of likely N-dealkylation sites (tertiary alicyclic amines) is 1. The van der Waals surface area contributed by atoms with E-state index < -0.39 is 36.1 Å². The molecule has 0 bridgehead atoms. The normalized spacial score (nSPS) is 18.3. The van der Waals surface area contributed by atoms with Gasteiger partial charge in [-0.2, -0.15) is 10.2 Å². The maximum absolute atomic E-state index is 14.8. The van der Waals surface area contributed by atoms with E-state index in [2.05, 4.69) is 10.2 Å². The Labute approximate surface area is 187 Å². The van der Waals surface area contributed by atoms with Gasteiger partial charge in [0.15, 0.2) is 5.82 Å². The summed E-state index contributed by atoms with van der Waals surface area (Å²) in [6.07, 6.45) is 0.246. The number of carbonyl (C=O) groups is 1. The highest BCUT2D eigenvalue weighted by molar-refractivity contribution is 5.71. The van der Waals surface area contributed by atoms with Gasteiger partial charge >= 0.3 is 6.09 Å². The van der Waals surface area contributed by atoms with Crippen molar-refractivity contribution in [2.75, 3.05) is 18.8 Å². The fourth-order valence-corrected chi connectivity index (χ4v) is 3.74. The second-order valence-corrected chi connectivity index (χ2v) is 9.04. The number of pyridine rings is 1. The minimum atomic E-state index is -3.27. The molecule has 1 amide bonds. The number of rotatable bonds is 4. The lowest BCUT2D eigenvalue weighted by Crippen LogP contribution is -2.36. The summed E-state index contributed by atoms with van der Waals surface area (Å²) in [6, 6.07) is 3.13. The Morgan fingerprint density at radius 2 is 2.06 bits per heavy atom. The second-order valence-electron chi connectivity index (χ2n) is 9.04. The predicted molar refractivity (Wildman–Crippen MR) is 113 cm³/mol. The minimum absolute atomic E-state index is 0.203. The standard InChI is InChI=1S/C21H25F3N6O3/c1-20(2,3)33-19(31)29-9-16(21(23,24)11-29)32-10-12-7-26-28(4)18(12)14-5-13-6-17(25)27-30(13)8-15(14)22/h5-8,16H,9-11H2,1-4H3,(H2,25,27)/t16-/m1/s1. The molecule has 0 radical (unpaired) electrons. The molecule has 3 aromatic heterocycles. The highest BCUT2D eigenvalue weighted by atomic mass is 19.3. The molecule has 9 nitrogen and oxygen atoms in total. The third kappa shape index (κ3) is 4.61. The Balaban J connectivity index is 1.54. The Morgan fingerprint density at radius 1 is 1.33 bits per heavy atom. The largest absolute Gasteiger partial charge is 0.444 e. The van der Waals surface area contributed by atoms with Gasteiger partial charge in [-0.25, -0.2) is 22.5 Å². The zero-order valence-electron chi connectivity index (χ0n) is 18.7. The van der Waals surface area contributed by atoms with E-state index in [0.29, 0.717) is 16.8 Å². The summed E-state index contributed by atoms with van der Waals surface area (Å²) in [5.74, 6) is -3.62. The number of alkyl halides is 2. The predicted octanol–water partition coefficient (Wildman–Crippen LogP) is 3.23. The van der Waals surface area contributed by atoms with Crippen LogP contribution >= 0.6 is 0 Å². The number of halogens is 3. The number of nitrogens with two attached hydrogens (primary N) is 1. The molecule has 3 aromatic rings. The molecule has 4 heterocycles. The summed E-state index contributed by atoms with van der Waals surface area (Å²) in [4.78, 5) is 13.1. The zero-order chi connectivity index (χ0) is 24.1. The van der Waals surface area contributed by atoms with Crippen molar-refractivity contribution in [3.63, 3.8) is 0 Å². The molecule has 1 aliphatic rings. The average Bonchev–Trinajstić information content (AvgIpc) is 3.31. The molecular weight excluding hydrogens is 441 g/mol. The van der Waals surface area contributed by atoms with Crippen LogP contribution in [0.25, 0.3) is 16.8 Å². The van der Waals surface area contributed by atoms with Crippen LogP contribution in [0.1, 0.15) is 26.3 Å². The van der Waals surface area contributed by atoms with E-state index in [1.165, 1.54) is 21.6 Å². The number of nitrogen functional groups attached to an aromatic ring is 1. The van der Waals surface area contributed by atoms with Gasteiger partial charge in [-0.05, 0) is 26.8 Å². The van der Waals surface area contributed by atoms with Crippen molar-refractivity contribution in [2.24, 2.45) is 7.05 Å². The molecule has 12 heteroatoms. The molecule has 1 atom stereocenters. The van der Waals surface area contributed by atoms with Crippen molar-refractivity contribution >= 4 is 17.4 Å². The number of amides is 1. The van der Waals surface area contributed by atoms with Crippen LogP contribution in [-0.4, -0.2) is 61.1 Å². The lowest BCUT2D eigenvalue weighted by molar-refractivity contribution is -0.110. The van der Waals surface area contributed by atoms with Gasteiger partial charge in [0.25, 0.3) is 5.92 Å². The van der Waals surface area contributed by atoms with Gasteiger partial charge in [0, 0.05) is 24.2 Å². The van der Waals surface area contributed by atoms with E-state index in [9.17, 15) is 18.0 Å². The van der Waals surface area contributed by atoms with Gasteiger partial charge in [0.05, 0.1) is 43.3 Å². The third-order valence-corrected chi connectivity index (χ3v) is 5.19. The molecule has 0 aromatic carbocycles. The number of nitrogens with zero attached hydrogens (tertiary/aromatic N) is 5. The fraction of sp³-hybridized carbons (Fsp3) is 0.476. The van der Waals surface area contributed by atoms with E-state index in [4.69, 9.17) is 15.2 Å². The van der Waals surface area contributed by atoms with Gasteiger partial charge in [0.1, 0.15) is 17.5 Å². The fourth-order valence-electron chi connectivity index (χ4n) is 3.74. The van der Waals surface area contributed by atoms with E-state index >= 15 is 0 Å². The monoisotopic (exact) mass is 466 g/mol. The van der Waals surface area contributed by atoms with Crippen molar-refractivity contribution in [3.05, 3.63) is 35.9 Å². The highest BCUT2D eigenvalue weighted by Crippen LogP contribution is 2.33. The number of ether oxygens (including phenoxy) is 2. The summed E-state index contributed by atoms with van der Waals surface area (Å²) in [5.41, 5.74) is 6.43. The van der Waals surface area contributed by atoms with Crippen LogP contribution in [0, 0.1) is 5.82 Å². The molecule has 0 saturated carbocycles. The number of anilines is 1. The Hall–Kier alpha value is -3.28. The van der Waals surface area contributed by atoms with Gasteiger partial charge in [-0.1, -0.05) is 0 Å². The van der Waals surface area contributed by atoms with Gasteiger partial charge in [-0.15, -0.1) is 0 Å². The smallest absolute Gasteiger partial charge is 0.410 e. The lowest BCUT2D eigenvalue weighted by Gasteiger charge is -2.24. The van der Waals surface area contributed by atoms with E-state index in [-0.39, 0.29) is 24.5 Å². The first kappa shape index (κ1) is 22.9. The van der Waals surface area contributed by atoms with E-state index in [1.54, 1.807) is 40.0 Å². The molecule has 1 aliphatic heterocycles. The van der Waals surface area contributed by atoms with Gasteiger partial charge < -0.3 is 15.2 Å². The summed E-state index contributed by atoms with van der Waals surface area (Å²) in [6.45, 7) is 3.59. The first-order valence-corrected chi connectivity index (χ1v) is 10.3. The molecule has 4 rings (SSSR count). The Morgan fingerprint density at radius 3 is 2.76 bits per heavy atom. The molecule has 1 saturated heterocycles. The average molecular weight is 466 g/mol. The van der Waals surface area contributed by atoms with Crippen molar-refractivity contribution < 1.29 is 27.4 Å². The van der Waals surface area contributed by atoms with Crippen LogP contribution in [0.4, 0.5) is 23.8 Å². The van der Waals surface area contributed by atoms with Crippen molar-refractivity contribution in [3.8, 4) is 11.3 Å². The zero-order valence-corrected chi connectivity index (χ0v) is 18.7. The quantitative estimate of drug-likeness (QED) is 0.634. The summed E-state index contributed by atoms with van der Waals surface area (Å²) in [7, 11) is 1.61. The number of fused-ring (bicyclic) bond motifs is 1. The van der Waals surface area contributed by atoms with Crippen LogP contribution < -0.4 is 5.73 Å². The van der Waals surface area contributed by atoms with Crippen molar-refractivity contribution in [1.82, 2.24) is 24.3 Å². The van der Waals surface area contributed by atoms with Crippen LogP contribution in [-0.2, 0) is 23.1 Å². The first-order valence-electron chi connectivity index (χ1n) is 10.3. The van der Waals surface area contributed by atoms with Gasteiger partial charge in [0.2, 0.25) is 0 Å². The maximum atomic E-state index is 14.8. The molecule has 2 N–H and O–H groups in total. The summed E-state index contributed by atoms with van der Waals surface area (Å²) >= 11 is 0. The SMILES string of the molecule is Cn1ncc(CO[C@@H]2CN(C(=O)OC(C)(C)C)CC2(F)F)c1-c1cc2cc(N)nn2cc1F. The van der Waals surface area contributed by atoms with E-state index in [0.717, 1.165) is 4.90 Å². The van der Waals surface area contributed by atoms with Gasteiger partial charge in [-0.3, -0.25) is 9.58 Å². The topological polar surface area (TPSA) is 99.9 Å². The number of aryl methyl sites for hydroxylation is 1. The molecular formula is C21H25F3N6O3. The van der Waals surface area contributed by atoms with Crippen molar-refractivity contribution in [2.45, 2.75) is 45.0 Å². The minimum Gasteiger partial charge on any atom is -0.444 e. The molecule has 1 fully saturated rings. The van der Waals surface area contributed by atoms with Crippen LogP contribution in [0.5, 0.6) is 0 Å². The van der Waals surface area contributed by atoms with Crippen LogP contribution in [0.15, 0.2) is 24.5 Å². The lowest BCUT2D eigenvalue weighted by atomic mass is 10.1. The third-order valence-electron chi connectivity index (χ3n) is 5.19.